The maximum Gasteiger partial charge on any atom is 0.252 e. The van der Waals surface area contributed by atoms with Crippen molar-refractivity contribution < 1.29 is 13.2 Å². The quantitative estimate of drug-likeness (QED) is 0.613. The molecule has 0 spiro atoms. The minimum atomic E-state index is -3.58. The summed E-state index contributed by atoms with van der Waals surface area (Å²) in [4.78, 5) is 15.9. The molecule has 1 fully saturated rings. The third-order valence-electron chi connectivity index (χ3n) is 5.16. The van der Waals surface area contributed by atoms with Crippen LogP contribution in [-0.4, -0.2) is 43.2 Å². The van der Waals surface area contributed by atoms with Gasteiger partial charge in [0.15, 0.2) is 0 Å². The molecule has 0 saturated carbocycles. The van der Waals surface area contributed by atoms with E-state index in [1.807, 2.05) is 19.1 Å². The third-order valence-corrected chi connectivity index (χ3v) is 8.49. The molecule has 2 aromatic rings. The maximum atomic E-state index is 13.2. The summed E-state index contributed by atoms with van der Waals surface area (Å²) >= 11 is 1.26. The van der Waals surface area contributed by atoms with Gasteiger partial charge >= 0.3 is 0 Å². The van der Waals surface area contributed by atoms with Gasteiger partial charge in [0.05, 0.1) is 17.6 Å². The molecule has 0 N–H and O–H groups in total. The Balaban J connectivity index is 1.74. The van der Waals surface area contributed by atoms with Gasteiger partial charge in [0, 0.05) is 31.1 Å². The van der Waals surface area contributed by atoms with Crippen LogP contribution in [0, 0.1) is 24.2 Å². The van der Waals surface area contributed by atoms with Crippen LogP contribution in [0.2, 0.25) is 0 Å². The second-order valence-electron chi connectivity index (χ2n) is 7.38. The van der Waals surface area contributed by atoms with Crippen molar-refractivity contribution in [2.45, 2.75) is 30.5 Å². The summed E-state index contributed by atoms with van der Waals surface area (Å²) in [5.74, 6) is -0.450. The molecule has 0 radical (unpaired) electrons. The number of benzene rings is 1. The molecule has 158 valence electrons. The Labute approximate surface area is 182 Å². The van der Waals surface area contributed by atoms with Crippen molar-refractivity contribution in [1.82, 2.24) is 9.21 Å². The van der Waals surface area contributed by atoms with Gasteiger partial charge in [0.1, 0.15) is 4.21 Å². The Kier molecular flexibility index (Phi) is 7.08. The van der Waals surface area contributed by atoms with Crippen molar-refractivity contribution >= 4 is 27.3 Å². The lowest BCUT2D eigenvalue weighted by Crippen LogP contribution is -2.46. The van der Waals surface area contributed by atoms with E-state index in [-0.39, 0.29) is 18.4 Å². The predicted octanol–water partition coefficient (Wildman–Crippen LogP) is 3.54. The van der Waals surface area contributed by atoms with Crippen LogP contribution < -0.4 is 0 Å². The summed E-state index contributed by atoms with van der Waals surface area (Å²) in [6, 6.07) is 12.6. The Morgan fingerprint density at radius 2 is 2.07 bits per heavy atom. The molecule has 1 amide bonds. The lowest BCUT2D eigenvalue weighted by atomic mass is 9.97. The number of carbonyl (C=O) groups excluding carboxylic acids is 1. The Bertz CT molecular complexity index is 1050. The monoisotopic (exact) mass is 443 g/mol. The molecule has 1 unspecified atom stereocenters. The largest absolute Gasteiger partial charge is 0.334 e. The van der Waals surface area contributed by atoms with Gasteiger partial charge in [-0.05, 0) is 49.6 Å². The SMILES string of the molecule is C=CCN(Cc1ccc(C#N)cc1)C(=O)C1CCCN(S(=O)(=O)c2ccc(C)s2)C1. The average molecular weight is 444 g/mol. The second kappa shape index (κ2) is 9.56. The minimum Gasteiger partial charge on any atom is -0.334 e. The standard InChI is InChI=1S/C22H25N3O3S2/c1-3-12-24(15-19-9-7-18(14-23)8-10-19)22(26)20-5-4-13-25(16-20)30(27,28)21-11-6-17(2)29-21/h3,6-11,20H,1,4-5,12-13,15-16H2,2H3. The molecule has 1 saturated heterocycles. The topological polar surface area (TPSA) is 81.5 Å². The molecule has 0 bridgehead atoms. The predicted molar refractivity (Wildman–Crippen MR) is 117 cm³/mol. The Hall–Kier alpha value is -2.47. The molecule has 6 nitrogen and oxygen atoms in total. The number of hydrogen-bond acceptors (Lipinski definition) is 5. The fourth-order valence-corrected chi connectivity index (χ4v) is 6.55. The van der Waals surface area contributed by atoms with Gasteiger partial charge < -0.3 is 4.90 Å². The normalized spacial score (nSPS) is 17.3. The number of piperidine rings is 1. The summed E-state index contributed by atoms with van der Waals surface area (Å²) in [7, 11) is -3.58. The highest BCUT2D eigenvalue weighted by Crippen LogP contribution is 2.29. The van der Waals surface area contributed by atoms with E-state index < -0.39 is 10.0 Å². The van der Waals surface area contributed by atoms with E-state index in [0.717, 1.165) is 10.4 Å². The molecular weight excluding hydrogens is 418 g/mol. The van der Waals surface area contributed by atoms with Crippen LogP contribution in [0.25, 0.3) is 0 Å². The zero-order valence-electron chi connectivity index (χ0n) is 17.0. The van der Waals surface area contributed by atoms with Crippen LogP contribution in [0.4, 0.5) is 0 Å². The number of thiophene rings is 1. The van der Waals surface area contributed by atoms with E-state index in [1.165, 1.54) is 15.6 Å². The first kappa shape index (κ1) is 22.2. The van der Waals surface area contributed by atoms with E-state index in [9.17, 15) is 13.2 Å². The molecule has 30 heavy (non-hydrogen) atoms. The van der Waals surface area contributed by atoms with Gasteiger partial charge in [-0.3, -0.25) is 4.79 Å². The molecule has 3 rings (SSSR count). The molecular formula is C22H25N3O3S2. The fraction of sp³-hybridized carbons (Fsp3) is 0.364. The smallest absolute Gasteiger partial charge is 0.252 e. The minimum absolute atomic E-state index is 0.0680. The van der Waals surface area contributed by atoms with Gasteiger partial charge in [-0.1, -0.05) is 18.2 Å². The van der Waals surface area contributed by atoms with Gasteiger partial charge in [-0.25, -0.2) is 8.42 Å². The summed E-state index contributed by atoms with van der Waals surface area (Å²) in [5.41, 5.74) is 1.48. The highest BCUT2D eigenvalue weighted by molar-refractivity contribution is 7.91. The molecule has 1 aliphatic heterocycles. The lowest BCUT2D eigenvalue weighted by Gasteiger charge is -2.34. The number of hydrogen-bond donors (Lipinski definition) is 0. The molecule has 1 aromatic heterocycles. The Morgan fingerprint density at radius 3 is 2.67 bits per heavy atom. The lowest BCUT2D eigenvalue weighted by molar-refractivity contribution is -0.136. The van der Waals surface area contributed by atoms with E-state index in [2.05, 4.69) is 12.6 Å². The molecule has 1 aromatic carbocycles. The van der Waals surface area contributed by atoms with Crippen LogP contribution in [0.3, 0.4) is 0 Å². The average Bonchev–Trinajstić information content (AvgIpc) is 3.21. The van der Waals surface area contributed by atoms with Crippen molar-refractivity contribution in [1.29, 1.82) is 5.26 Å². The van der Waals surface area contributed by atoms with Crippen LogP contribution in [-0.2, 0) is 21.4 Å². The number of amides is 1. The molecule has 8 heteroatoms. The van der Waals surface area contributed by atoms with Crippen molar-refractivity contribution in [3.63, 3.8) is 0 Å². The van der Waals surface area contributed by atoms with Crippen molar-refractivity contribution in [3.8, 4) is 6.07 Å². The van der Waals surface area contributed by atoms with Crippen molar-refractivity contribution in [2.24, 2.45) is 5.92 Å². The molecule has 0 aliphatic carbocycles. The zero-order chi connectivity index (χ0) is 21.7. The van der Waals surface area contributed by atoms with Crippen LogP contribution >= 0.6 is 11.3 Å². The van der Waals surface area contributed by atoms with E-state index >= 15 is 0 Å². The first-order valence-electron chi connectivity index (χ1n) is 9.80. The Morgan fingerprint density at radius 1 is 1.33 bits per heavy atom. The van der Waals surface area contributed by atoms with Crippen LogP contribution in [0.5, 0.6) is 0 Å². The zero-order valence-corrected chi connectivity index (χ0v) is 18.6. The summed E-state index contributed by atoms with van der Waals surface area (Å²) < 4.78 is 27.7. The second-order valence-corrected chi connectivity index (χ2v) is 10.8. The summed E-state index contributed by atoms with van der Waals surface area (Å²) in [6.45, 7) is 7.03. The van der Waals surface area contributed by atoms with Gasteiger partial charge in [-0.2, -0.15) is 9.57 Å². The number of aryl methyl sites for hydroxylation is 1. The number of nitrogens with zero attached hydrogens (tertiary/aromatic N) is 3. The summed E-state index contributed by atoms with van der Waals surface area (Å²) in [5, 5.41) is 8.95. The highest BCUT2D eigenvalue weighted by Gasteiger charge is 2.35. The summed E-state index contributed by atoms with van der Waals surface area (Å²) in [6.07, 6.45) is 2.99. The maximum absolute atomic E-state index is 13.2. The number of nitriles is 1. The third kappa shape index (κ3) is 4.98. The van der Waals surface area contributed by atoms with Gasteiger partial charge in [-0.15, -0.1) is 17.9 Å². The highest BCUT2D eigenvalue weighted by atomic mass is 32.2. The molecule has 1 atom stereocenters. The van der Waals surface area contributed by atoms with Crippen LogP contribution in [0.15, 0.2) is 53.3 Å². The molecule has 1 aliphatic rings. The molecule has 2 heterocycles. The van der Waals surface area contributed by atoms with E-state index in [1.54, 1.807) is 35.2 Å². The first-order valence-corrected chi connectivity index (χ1v) is 12.1. The van der Waals surface area contributed by atoms with Gasteiger partial charge in [0.25, 0.3) is 10.0 Å². The number of sulfonamides is 1. The first-order chi connectivity index (χ1) is 14.3. The fourth-order valence-electron chi connectivity index (χ4n) is 3.59. The van der Waals surface area contributed by atoms with E-state index in [0.29, 0.717) is 42.2 Å². The number of rotatable bonds is 7. The van der Waals surface area contributed by atoms with E-state index in [4.69, 9.17) is 5.26 Å². The van der Waals surface area contributed by atoms with Crippen molar-refractivity contribution in [2.75, 3.05) is 19.6 Å². The van der Waals surface area contributed by atoms with Crippen LogP contribution in [0.1, 0.15) is 28.8 Å². The number of carbonyl (C=O) groups is 1. The van der Waals surface area contributed by atoms with Crippen molar-refractivity contribution in [3.05, 3.63) is 65.1 Å². The van der Waals surface area contributed by atoms with Gasteiger partial charge in [0.2, 0.25) is 5.91 Å².